The second-order valence-electron chi connectivity index (χ2n) is 11.7. The van der Waals surface area contributed by atoms with Gasteiger partial charge in [0.15, 0.2) is 24.0 Å². The van der Waals surface area contributed by atoms with Gasteiger partial charge in [0.25, 0.3) is 5.91 Å². The lowest BCUT2D eigenvalue weighted by Gasteiger charge is -2.34. The number of halogens is 8. The van der Waals surface area contributed by atoms with Crippen molar-refractivity contribution in [2.75, 3.05) is 44.6 Å². The number of rotatable bonds is 13. The summed E-state index contributed by atoms with van der Waals surface area (Å²) in [5.74, 6) is -6.88. The number of nitrogens with zero attached hydrogens (tertiary/aromatic N) is 1. The summed E-state index contributed by atoms with van der Waals surface area (Å²) in [4.78, 5) is 44.5. The summed E-state index contributed by atoms with van der Waals surface area (Å²) < 4.78 is 96.2. The zero-order valence-electron chi connectivity index (χ0n) is 28.2. The maximum Gasteiger partial charge on any atom is 0.490 e. The monoisotopic (exact) mass is 772 g/mol. The van der Waals surface area contributed by atoms with E-state index in [0.717, 1.165) is 37.3 Å². The average Bonchev–Trinajstić information content (AvgIpc) is 3.09. The highest BCUT2D eigenvalue weighted by Crippen LogP contribution is 2.39. The SMILES string of the molecule is O=C(O)C(F)(F)F.O=C(O)C(F)(F)F.O=C1COc2c(CCNCCN(C(=O)CCNCCc3cccc(F)c3F)C3CCCCC3)ccc(O)c2N1. The number of carboxylic acid groups (broad SMARTS) is 2. The van der Waals surface area contributed by atoms with Crippen molar-refractivity contribution in [2.45, 2.75) is 69.8 Å². The van der Waals surface area contributed by atoms with Crippen LogP contribution in [0.25, 0.3) is 0 Å². The Balaban J connectivity index is 0.000000587. The minimum absolute atomic E-state index is 0.0213. The predicted octanol–water partition coefficient (Wildman–Crippen LogP) is 4.78. The molecule has 20 heteroatoms. The van der Waals surface area contributed by atoms with Gasteiger partial charge in [0, 0.05) is 32.1 Å². The highest BCUT2D eigenvalue weighted by Gasteiger charge is 2.39. The Bertz CT molecular complexity index is 1510. The van der Waals surface area contributed by atoms with Crippen LogP contribution in [0.3, 0.4) is 0 Å². The molecule has 0 unspecified atom stereocenters. The molecule has 1 aliphatic heterocycles. The fraction of sp³-hybridized carbons (Fsp3) is 0.515. The van der Waals surface area contributed by atoms with Crippen molar-refractivity contribution in [3.63, 3.8) is 0 Å². The number of alkyl halides is 6. The molecule has 4 rings (SSSR count). The van der Waals surface area contributed by atoms with Crippen LogP contribution in [0.5, 0.6) is 11.5 Å². The molecular formula is C33H40F8N4O8. The van der Waals surface area contributed by atoms with Crippen LogP contribution in [0.2, 0.25) is 0 Å². The maximum absolute atomic E-state index is 13.8. The minimum Gasteiger partial charge on any atom is -0.506 e. The van der Waals surface area contributed by atoms with Gasteiger partial charge in [-0.05, 0) is 62.0 Å². The van der Waals surface area contributed by atoms with E-state index in [4.69, 9.17) is 24.5 Å². The van der Waals surface area contributed by atoms with Crippen LogP contribution in [-0.2, 0) is 32.0 Å². The Morgan fingerprint density at radius 3 is 1.98 bits per heavy atom. The molecule has 0 bridgehead atoms. The lowest BCUT2D eigenvalue weighted by Crippen LogP contribution is -2.45. The van der Waals surface area contributed by atoms with E-state index < -0.39 is 35.9 Å². The van der Waals surface area contributed by atoms with Gasteiger partial charge in [-0.25, -0.2) is 18.4 Å². The smallest absolute Gasteiger partial charge is 0.490 e. The standard InChI is InChI=1S/C29H38F2N4O4.2C2HF3O2/c30-23-8-4-5-20(27(23)31)11-14-32-16-13-26(38)35(22-6-2-1-3-7-22)18-17-33-15-12-21-9-10-24(36)28-29(21)39-19-25(37)34-28;2*3-2(4,5)1(6)7/h4-5,8-10,22,32-33,36H,1-3,6-7,11-19H2,(H,34,37);2*(H,6,7). The Morgan fingerprint density at radius 1 is 0.830 bits per heavy atom. The number of carbonyl (C=O) groups is 4. The molecule has 0 spiro atoms. The van der Waals surface area contributed by atoms with Crippen LogP contribution in [0, 0.1) is 11.6 Å². The number of fused-ring (bicyclic) bond motifs is 1. The average molecular weight is 773 g/mol. The van der Waals surface area contributed by atoms with Crippen molar-refractivity contribution >= 4 is 29.4 Å². The summed E-state index contributed by atoms with van der Waals surface area (Å²) in [6.07, 6.45) is -3.33. The quantitative estimate of drug-likeness (QED) is 0.0944. The molecule has 296 valence electrons. The van der Waals surface area contributed by atoms with E-state index in [1.807, 2.05) is 4.90 Å². The number of aliphatic carboxylic acids is 2. The van der Waals surface area contributed by atoms with Gasteiger partial charge >= 0.3 is 24.3 Å². The molecule has 1 heterocycles. The van der Waals surface area contributed by atoms with Gasteiger partial charge in [-0.15, -0.1) is 0 Å². The van der Waals surface area contributed by atoms with Crippen molar-refractivity contribution in [3.8, 4) is 11.5 Å². The summed E-state index contributed by atoms with van der Waals surface area (Å²) in [5.41, 5.74) is 1.53. The number of hydrogen-bond donors (Lipinski definition) is 6. The zero-order chi connectivity index (χ0) is 39.8. The maximum atomic E-state index is 13.8. The van der Waals surface area contributed by atoms with Gasteiger partial charge in [0.05, 0.1) is 0 Å². The molecule has 2 aromatic carbocycles. The summed E-state index contributed by atoms with van der Waals surface area (Å²) in [6.45, 7) is 2.78. The topological polar surface area (TPSA) is 178 Å². The molecule has 2 aliphatic rings. The van der Waals surface area contributed by atoms with Crippen molar-refractivity contribution in [1.82, 2.24) is 15.5 Å². The summed E-state index contributed by atoms with van der Waals surface area (Å²) in [6, 6.07) is 7.77. The van der Waals surface area contributed by atoms with E-state index in [2.05, 4.69) is 16.0 Å². The summed E-state index contributed by atoms with van der Waals surface area (Å²) in [7, 11) is 0. The lowest BCUT2D eigenvalue weighted by atomic mass is 9.94. The van der Waals surface area contributed by atoms with Gasteiger partial charge in [-0.1, -0.05) is 37.5 Å². The highest BCUT2D eigenvalue weighted by molar-refractivity contribution is 5.97. The number of carboxylic acids is 2. The molecule has 0 saturated heterocycles. The van der Waals surface area contributed by atoms with Gasteiger partial charge in [-0.3, -0.25) is 9.59 Å². The van der Waals surface area contributed by atoms with Crippen molar-refractivity contribution < 1.29 is 74.4 Å². The van der Waals surface area contributed by atoms with E-state index in [1.54, 1.807) is 18.2 Å². The number of hydrogen-bond acceptors (Lipinski definition) is 8. The molecule has 1 fully saturated rings. The number of anilines is 1. The zero-order valence-corrected chi connectivity index (χ0v) is 28.2. The lowest BCUT2D eigenvalue weighted by molar-refractivity contribution is -0.193. The largest absolute Gasteiger partial charge is 0.506 e. The molecule has 2 aromatic rings. The van der Waals surface area contributed by atoms with Crippen molar-refractivity contribution in [2.24, 2.45) is 0 Å². The number of aromatic hydroxyl groups is 1. The molecule has 1 saturated carbocycles. The van der Waals surface area contributed by atoms with Crippen LogP contribution in [0.4, 0.5) is 40.8 Å². The molecule has 6 N–H and O–H groups in total. The third-order valence-electron chi connectivity index (χ3n) is 7.87. The normalized spacial score (nSPS) is 14.3. The van der Waals surface area contributed by atoms with Gasteiger partial charge in [-0.2, -0.15) is 26.3 Å². The number of benzene rings is 2. The van der Waals surface area contributed by atoms with Crippen molar-refractivity contribution in [3.05, 3.63) is 53.1 Å². The number of carbonyl (C=O) groups excluding carboxylic acids is 2. The number of phenols is 1. The molecule has 0 aromatic heterocycles. The molecule has 1 aliphatic carbocycles. The van der Waals surface area contributed by atoms with E-state index in [0.29, 0.717) is 69.0 Å². The van der Waals surface area contributed by atoms with E-state index >= 15 is 0 Å². The summed E-state index contributed by atoms with van der Waals surface area (Å²) in [5, 5.41) is 33.5. The Kier molecular flexibility index (Phi) is 17.7. The van der Waals surface area contributed by atoms with E-state index in [9.17, 15) is 49.8 Å². The van der Waals surface area contributed by atoms with Crippen molar-refractivity contribution in [1.29, 1.82) is 0 Å². The van der Waals surface area contributed by atoms with Gasteiger partial charge < -0.3 is 40.9 Å². The Morgan fingerprint density at radius 2 is 1.40 bits per heavy atom. The second-order valence-corrected chi connectivity index (χ2v) is 11.7. The Labute approximate surface area is 298 Å². The fourth-order valence-corrected chi connectivity index (χ4v) is 5.29. The number of ether oxygens (including phenoxy) is 1. The third-order valence-corrected chi connectivity index (χ3v) is 7.87. The molecular weight excluding hydrogens is 732 g/mol. The molecule has 0 radical (unpaired) electrons. The van der Waals surface area contributed by atoms with Crippen LogP contribution < -0.4 is 20.7 Å². The van der Waals surface area contributed by atoms with Crippen LogP contribution in [-0.4, -0.2) is 102 Å². The summed E-state index contributed by atoms with van der Waals surface area (Å²) >= 11 is 0. The highest BCUT2D eigenvalue weighted by atomic mass is 19.4. The van der Waals surface area contributed by atoms with Gasteiger partial charge in [0.1, 0.15) is 11.4 Å². The third kappa shape index (κ3) is 15.4. The first-order valence-electron chi connectivity index (χ1n) is 16.3. The number of amides is 2. The van der Waals surface area contributed by atoms with Crippen LogP contribution in [0.15, 0.2) is 30.3 Å². The van der Waals surface area contributed by atoms with Gasteiger partial charge in [0.2, 0.25) is 5.91 Å². The molecule has 12 nitrogen and oxygen atoms in total. The minimum atomic E-state index is -5.08. The molecule has 2 amide bonds. The first kappa shape index (κ1) is 44.4. The molecule has 53 heavy (non-hydrogen) atoms. The van der Waals surface area contributed by atoms with E-state index in [-0.39, 0.29) is 30.2 Å². The first-order chi connectivity index (χ1) is 24.8. The van der Waals surface area contributed by atoms with E-state index in [1.165, 1.54) is 12.5 Å². The first-order valence-corrected chi connectivity index (χ1v) is 16.3. The van der Waals surface area contributed by atoms with Crippen LogP contribution in [0.1, 0.15) is 49.7 Å². The molecule has 0 atom stereocenters. The number of nitrogens with one attached hydrogen (secondary N) is 3. The van der Waals surface area contributed by atoms with Crippen LogP contribution >= 0.6 is 0 Å². The Hall–Kier alpha value is -4.72. The fourth-order valence-electron chi connectivity index (χ4n) is 5.29. The second kappa shape index (κ2) is 21.1. The predicted molar refractivity (Wildman–Crippen MR) is 172 cm³/mol. The number of phenolic OH excluding ortho intramolecular Hbond substituents is 1.